The summed E-state index contributed by atoms with van der Waals surface area (Å²) in [6.07, 6.45) is 4.52. The summed E-state index contributed by atoms with van der Waals surface area (Å²) in [4.78, 5) is 24.4. The van der Waals surface area contributed by atoms with Crippen LogP contribution in [0.3, 0.4) is 0 Å². The molecule has 0 aromatic heterocycles. The van der Waals surface area contributed by atoms with E-state index in [1.165, 1.54) is 0 Å². The average molecular weight is 344 g/mol. The fourth-order valence-corrected chi connectivity index (χ4v) is 3.40. The molecule has 1 aromatic carbocycles. The fraction of sp³-hybridized carbons (Fsp3) is 0.619. The highest BCUT2D eigenvalue weighted by atomic mass is 16.6. The van der Waals surface area contributed by atoms with E-state index in [1.54, 1.807) is 0 Å². The number of carbonyl (C=O) groups is 2. The highest BCUT2D eigenvalue weighted by Gasteiger charge is 2.55. The van der Waals surface area contributed by atoms with E-state index in [2.05, 4.69) is 6.07 Å². The Balaban J connectivity index is 1.83. The van der Waals surface area contributed by atoms with Crippen LogP contribution in [0.5, 0.6) is 5.75 Å². The first-order valence-corrected chi connectivity index (χ1v) is 9.23. The van der Waals surface area contributed by atoms with Crippen molar-refractivity contribution in [3.05, 3.63) is 29.3 Å². The molecule has 1 aromatic rings. The van der Waals surface area contributed by atoms with E-state index in [-0.39, 0.29) is 11.9 Å². The number of hydrogen-bond acceptors (Lipinski definition) is 4. The molecular weight excluding hydrogens is 316 g/mol. The van der Waals surface area contributed by atoms with Gasteiger partial charge in [-0.3, -0.25) is 4.79 Å². The molecule has 0 bridgehead atoms. The number of carbonyl (C=O) groups excluding carboxylic acids is 2. The van der Waals surface area contributed by atoms with E-state index in [4.69, 9.17) is 9.47 Å². The summed E-state index contributed by atoms with van der Waals surface area (Å²) in [6.45, 7) is 7.61. The Hall–Kier alpha value is -1.84. The molecule has 25 heavy (non-hydrogen) atoms. The lowest BCUT2D eigenvalue weighted by Gasteiger charge is -2.27. The van der Waals surface area contributed by atoms with Crippen LogP contribution in [0.2, 0.25) is 0 Å². The highest BCUT2D eigenvalue weighted by molar-refractivity contribution is 5.84. The normalized spacial score (nSPS) is 22.4. The van der Waals surface area contributed by atoms with E-state index < -0.39 is 11.2 Å². The lowest BCUT2D eigenvalue weighted by molar-refractivity contribution is -0.165. The summed E-state index contributed by atoms with van der Waals surface area (Å²) in [5, 5.41) is 0. The molecule has 0 radical (unpaired) electrons. The summed E-state index contributed by atoms with van der Waals surface area (Å²) < 4.78 is 11.8. The topological polar surface area (TPSA) is 52.6 Å². The van der Waals surface area contributed by atoms with Gasteiger partial charge in [0.25, 0.3) is 0 Å². The predicted octanol–water partition coefficient (Wildman–Crippen LogP) is 4.47. The molecule has 2 aliphatic rings. The van der Waals surface area contributed by atoms with Crippen LogP contribution in [0, 0.1) is 6.92 Å². The zero-order chi connectivity index (χ0) is 18.2. The summed E-state index contributed by atoms with van der Waals surface area (Å²) in [7, 11) is 0. The van der Waals surface area contributed by atoms with Crippen LogP contribution in [0.1, 0.15) is 76.3 Å². The molecule has 4 heteroatoms. The van der Waals surface area contributed by atoms with Crippen LogP contribution in [-0.2, 0) is 14.3 Å². The van der Waals surface area contributed by atoms with Crippen molar-refractivity contribution in [3.8, 4) is 5.75 Å². The minimum absolute atomic E-state index is 0.186. The Bertz CT molecular complexity index is 680. The van der Waals surface area contributed by atoms with Gasteiger partial charge in [0.2, 0.25) is 5.60 Å². The number of esters is 1. The Morgan fingerprint density at radius 2 is 1.96 bits per heavy atom. The summed E-state index contributed by atoms with van der Waals surface area (Å²) in [5.41, 5.74) is 0.754. The smallest absolute Gasteiger partial charge is 0.351 e. The molecule has 2 saturated carbocycles. The van der Waals surface area contributed by atoms with Crippen molar-refractivity contribution < 1.29 is 19.1 Å². The van der Waals surface area contributed by atoms with E-state index in [9.17, 15) is 9.59 Å². The molecule has 0 heterocycles. The van der Waals surface area contributed by atoms with Crippen molar-refractivity contribution in [1.82, 2.24) is 0 Å². The lowest BCUT2D eigenvalue weighted by atomic mass is 9.82. The highest BCUT2D eigenvalue weighted by Crippen LogP contribution is 2.45. The zero-order valence-electron chi connectivity index (χ0n) is 15.7. The third kappa shape index (κ3) is 4.23. The van der Waals surface area contributed by atoms with Gasteiger partial charge in [0.15, 0.2) is 0 Å². The van der Waals surface area contributed by atoms with E-state index in [1.807, 2.05) is 39.8 Å². The number of ether oxygens (including phenoxy) is 2. The maximum atomic E-state index is 12.6. The van der Waals surface area contributed by atoms with Gasteiger partial charge in [-0.25, -0.2) is 4.79 Å². The number of aryl methyl sites for hydroxylation is 1. The monoisotopic (exact) mass is 344 g/mol. The first-order valence-electron chi connectivity index (χ1n) is 9.23. The summed E-state index contributed by atoms with van der Waals surface area (Å²) >= 11 is 0. The number of rotatable bonds is 4. The van der Waals surface area contributed by atoms with Gasteiger partial charge in [0, 0.05) is 25.7 Å². The van der Waals surface area contributed by atoms with Crippen LogP contribution in [-0.4, -0.2) is 23.0 Å². The molecule has 2 fully saturated rings. The van der Waals surface area contributed by atoms with Crippen molar-refractivity contribution in [3.63, 3.8) is 0 Å². The number of benzene rings is 1. The third-order valence-electron chi connectivity index (χ3n) is 4.87. The number of Topliss-reactive ketones (excluding diaryl/α,β-unsaturated/α-hetero) is 1. The molecule has 2 aliphatic carbocycles. The molecular formula is C21H28O4. The quantitative estimate of drug-likeness (QED) is 0.756. The Morgan fingerprint density at radius 1 is 1.24 bits per heavy atom. The van der Waals surface area contributed by atoms with E-state index >= 15 is 0 Å². The van der Waals surface area contributed by atoms with Gasteiger partial charge in [-0.1, -0.05) is 12.1 Å². The van der Waals surface area contributed by atoms with Gasteiger partial charge in [0.1, 0.15) is 17.1 Å². The predicted molar refractivity (Wildman–Crippen MR) is 95.8 cm³/mol. The standard InChI is InChI=1S/C21H28O4/c1-14-8-9-17(15-6-5-7-16(22)13-15)18(12-14)24-21(10-11-21)19(23)25-20(2,3)4/h8-9,12,15H,5-7,10-11,13H2,1-4H3. The summed E-state index contributed by atoms with van der Waals surface area (Å²) in [5.74, 6) is 0.956. The van der Waals surface area contributed by atoms with Gasteiger partial charge < -0.3 is 9.47 Å². The van der Waals surface area contributed by atoms with Crippen LogP contribution in [0.15, 0.2) is 18.2 Å². The average Bonchev–Trinajstić information content (AvgIpc) is 3.26. The summed E-state index contributed by atoms with van der Waals surface area (Å²) in [6, 6.07) is 6.09. The lowest BCUT2D eigenvalue weighted by Crippen LogP contribution is -2.37. The second-order valence-electron chi connectivity index (χ2n) is 8.47. The van der Waals surface area contributed by atoms with Crippen LogP contribution < -0.4 is 4.74 Å². The second kappa shape index (κ2) is 6.47. The van der Waals surface area contributed by atoms with Crippen molar-refractivity contribution in [2.75, 3.05) is 0 Å². The van der Waals surface area contributed by atoms with Crippen LogP contribution in [0.4, 0.5) is 0 Å². The van der Waals surface area contributed by atoms with Gasteiger partial charge >= 0.3 is 5.97 Å². The fourth-order valence-electron chi connectivity index (χ4n) is 3.40. The zero-order valence-corrected chi connectivity index (χ0v) is 15.7. The van der Waals surface area contributed by atoms with E-state index in [0.29, 0.717) is 31.5 Å². The van der Waals surface area contributed by atoms with Gasteiger partial charge in [0.05, 0.1) is 0 Å². The second-order valence-corrected chi connectivity index (χ2v) is 8.47. The number of hydrogen-bond donors (Lipinski definition) is 0. The molecule has 0 spiro atoms. The molecule has 1 atom stereocenters. The Labute approximate surface area is 149 Å². The molecule has 136 valence electrons. The van der Waals surface area contributed by atoms with Crippen molar-refractivity contribution in [2.24, 2.45) is 0 Å². The third-order valence-corrected chi connectivity index (χ3v) is 4.87. The molecule has 3 rings (SSSR count). The van der Waals surface area contributed by atoms with Crippen molar-refractivity contribution in [1.29, 1.82) is 0 Å². The van der Waals surface area contributed by atoms with Crippen molar-refractivity contribution in [2.45, 2.75) is 83.3 Å². The molecule has 1 unspecified atom stereocenters. The molecule has 0 saturated heterocycles. The van der Waals surface area contributed by atoms with Crippen LogP contribution in [0.25, 0.3) is 0 Å². The maximum absolute atomic E-state index is 12.6. The van der Waals surface area contributed by atoms with E-state index in [0.717, 1.165) is 29.7 Å². The molecule has 0 amide bonds. The number of ketones is 1. The largest absolute Gasteiger partial charge is 0.475 e. The SMILES string of the molecule is Cc1ccc(C2CCCC(=O)C2)c(OC2(C(=O)OC(C)(C)C)CC2)c1. The van der Waals surface area contributed by atoms with Gasteiger partial charge in [-0.05, 0) is 63.6 Å². The van der Waals surface area contributed by atoms with Crippen LogP contribution >= 0.6 is 0 Å². The minimum Gasteiger partial charge on any atom is -0.475 e. The minimum atomic E-state index is -0.853. The molecule has 0 aliphatic heterocycles. The van der Waals surface area contributed by atoms with Gasteiger partial charge in [-0.15, -0.1) is 0 Å². The maximum Gasteiger partial charge on any atom is 0.351 e. The van der Waals surface area contributed by atoms with Crippen molar-refractivity contribution >= 4 is 11.8 Å². The molecule has 4 nitrogen and oxygen atoms in total. The first-order chi connectivity index (χ1) is 11.7. The van der Waals surface area contributed by atoms with Gasteiger partial charge in [-0.2, -0.15) is 0 Å². The molecule has 0 N–H and O–H groups in total. The first kappa shape index (κ1) is 18.0. The Morgan fingerprint density at radius 3 is 2.56 bits per heavy atom. The Kier molecular flexibility index (Phi) is 4.65.